The number of hydrogen-bond donors (Lipinski definition) is 1. The minimum absolute atomic E-state index is 0.126. The summed E-state index contributed by atoms with van der Waals surface area (Å²) in [7, 11) is 0. The topological polar surface area (TPSA) is 80.9 Å². The van der Waals surface area contributed by atoms with Crippen LogP contribution < -0.4 is 5.32 Å². The molecule has 0 aliphatic carbocycles. The Balaban J connectivity index is 1.81. The van der Waals surface area contributed by atoms with Gasteiger partial charge in [0.1, 0.15) is 11.6 Å². The number of oxazole rings is 1. The highest BCUT2D eigenvalue weighted by Gasteiger charge is 2.21. The third-order valence-electron chi connectivity index (χ3n) is 3.44. The molecular formula is C17H15FN4O2. The molecule has 6 nitrogen and oxygen atoms in total. The average Bonchev–Trinajstić information content (AvgIpc) is 3.05. The summed E-state index contributed by atoms with van der Waals surface area (Å²) < 4.78 is 18.3. The number of carbonyl (C=O) groups is 1. The Labute approximate surface area is 137 Å². The molecule has 1 unspecified atom stereocenters. The molecule has 0 saturated carbocycles. The van der Waals surface area contributed by atoms with E-state index in [-0.39, 0.29) is 17.3 Å². The number of rotatable bonds is 4. The van der Waals surface area contributed by atoms with Crippen LogP contribution in [0.1, 0.15) is 35.0 Å². The Kier molecular flexibility index (Phi) is 4.33. The molecule has 0 aliphatic heterocycles. The quantitative estimate of drug-likeness (QED) is 0.797. The van der Waals surface area contributed by atoms with Gasteiger partial charge in [-0.05, 0) is 44.2 Å². The van der Waals surface area contributed by atoms with Crippen LogP contribution in [-0.2, 0) is 0 Å². The third kappa shape index (κ3) is 3.29. The smallest absolute Gasteiger partial charge is 0.274 e. The molecule has 1 atom stereocenters. The summed E-state index contributed by atoms with van der Waals surface area (Å²) >= 11 is 0. The van der Waals surface area contributed by atoms with Crippen LogP contribution in [0.2, 0.25) is 0 Å². The number of carbonyl (C=O) groups excluding carboxylic acids is 1. The minimum atomic E-state index is -0.416. The van der Waals surface area contributed by atoms with Crippen molar-refractivity contribution in [3.63, 3.8) is 0 Å². The van der Waals surface area contributed by atoms with Gasteiger partial charge in [-0.3, -0.25) is 4.79 Å². The minimum Gasteiger partial charge on any atom is -0.443 e. The van der Waals surface area contributed by atoms with E-state index < -0.39 is 11.9 Å². The summed E-state index contributed by atoms with van der Waals surface area (Å²) in [5, 5.41) is 2.79. The van der Waals surface area contributed by atoms with Crippen LogP contribution in [0.15, 0.2) is 47.3 Å². The van der Waals surface area contributed by atoms with Crippen LogP contribution in [0.5, 0.6) is 0 Å². The average molecular weight is 326 g/mol. The lowest BCUT2D eigenvalue weighted by molar-refractivity contribution is 0.0934. The lowest BCUT2D eigenvalue weighted by atomic mass is 10.1. The molecule has 1 amide bonds. The third-order valence-corrected chi connectivity index (χ3v) is 3.44. The van der Waals surface area contributed by atoms with E-state index in [1.165, 1.54) is 30.7 Å². The molecule has 0 aliphatic rings. The first-order valence-corrected chi connectivity index (χ1v) is 7.34. The number of halogens is 1. The van der Waals surface area contributed by atoms with Gasteiger partial charge in [-0.2, -0.15) is 0 Å². The number of hydrogen-bond acceptors (Lipinski definition) is 5. The number of amides is 1. The van der Waals surface area contributed by atoms with Gasteiger partial charge in [0.15, 0.2) is 17.8 Å². The Morgan fingerprint density at radius 3 is 2.67 bits per heavy atom. The zero-order valence-electron chi connectivity index (χ0n) is 13.2. The van der Waals surface area contributed by atoms with Crippen molar-refractivity contribution in [1.29, 1.82) is 0 Å². The molecule has 1 aromatic carbocycles. The van der Waals surface area contributed by atoms with Gasteiger partial charge < -0.3 is 9.73 Å². The fourth-order valence-corrected chi connectivity index (χ4v) is 2.22. The van der Waals surface area contributed by atoms with Gasteiger partial charge in [-0.25, -0.2) is 19.3 Å². The maximum Gasteiger partial charge on any atom is 0.274 e. The largest absolute Gasteiger partial charge is 0.443 e. The van der Waals surface area contributed by atoms with Crippen molar-refractivity contribution in [2.75, 3.05) is 0 Å². The van der Waals surface area contributed by atoms with Crippen LogP contribution in [0.3, 0.4) is 0 Å². The van der Waals surface area contributed by atoms with E-state index in [9.17, 15) is 9.18 Å². The van der Waals surface area contributed by atoms with E-state index in [1.807, 2.05) is 6.92 Å². The van der Waals surface area contributed by atoms with Crippen LogP contribution in [0.4, 0.5) is 4.39 Å². The lowest BCUT2D eigenvalue weighted by Gasteiger charge is -2.12. The number of aromatic nitrogens is 3. The molecular weight excluding hydrogens is 311 g/mol. The summed E-state index contributed by atoms with van der Waals surface area (Å²) in [4.78, 5) is 24.9. The molecule has 7 heteroatoms. The Hall–Kier alpha value is -3.09. The maximum absolute atomic E-state index is 13.0. The Morgan fingerprint density at radius 1 is 1.21 bits per heavy atom. The standard InChI is InChI=1S/C17H15FN4O2/c1-10-7-8-19-16(21-10)11(2)22-17(23)14-15(24-9-20-14)12-3-5-13(18)6-4-12/h3-9,11H,1-2H3,(H,22,23). The number of nitrogens with one attached hydrogen (secondary N) is 1. The molecule has 3 rings (SSSR count). The SMILES string of the molecule is Cc1ccnc(C(C)NC(=O)c2ncoc2-c2ccc(F)cc2)n1. The van der Waals surface area contributed by atoms with Crippen molar-refractivity contribution in [3.8, 4) is 11.3 Å². The highest BCUT2D eigenvalue weighted by molar-refractivity contribution is 5.97. The molecule has 0 saturated heterocycles. The second kappa shape index (κ2) is 6.57. The zero-order valence-corrected chi connectivity index (χ0v) is 13.2. The lowest BCUT2D eigenvalue weighted by Crippen LogP contribution is -2.28. The maximum atomic E-state index is 13.0. The Morgan fingerprint density at radius 2 is 1.96 bits per heavy atom. The molecule has 3 aromatic rings. The van der Waals surface area contributed by atoms with Crippen molar-refractivity contribution >= 4 is 5.91 Å². The van der Waals surface area contributed by atoms with Gasteiger partial charge in [0, 0.05) is 17.5 Å². The van der Waals surface area contributed by atoms with Gasteiger partial charge >= 0.3 is 0 Å². The van der Waals surface area contributed by atoms with Crippen molar-refractivity contribution < 1.29 is 13.6 Å². The highest BCUT2D eigenvalue weighted by atomic mass is 19.1. The normalized spacial score (nSPS) is 12.0. The van der Waals surface area contributed by atoms with Gasteiger partial charge in [0.2, 0.25) is 0 Å². The predicted octanol–water partition coefficient (Wildman–Crippen LogP) is 3.07. The fourth-order valence-electron chi connectivity index (χ4n) is 2.22. The molecule has 0 radical (unpaired) electrons. The number of aryl methyl sites for hydroxylation is 1. The van der Waals surface area contributed by atoms with Crippen LogP contribution in [0.25, 0.3) is 11.3 Å². The molecule has 2 heterocycles. The van der Waals surface area contributed by atoms with Crippen LogP contribution in [0, 0.1) is 12.7 Å². The number of benzene rings is 1. The number of nitrogens with zero attached hydrogens (tertiary/aromatic N) is 3. The van der Waals surface area contributed by atoms with Gasteiger partial charge in [-0.1, -0.05) is 0 Å². The van der Waals surface area contributed by atoms with E-state index in [0.717, 1.165) is 5.69 Å². The van der Waals surface area contributed by atoms with Crippen LogP contribution >= 0.6 is 0 Å². The Bertz CT molecular complexity index is 861. The van der Waals surface area contributed by atoms with Crippen molar-refractivity contribution in [1.82, 2.24) is 20.3 Å². The second-order valence-corrected chi connectivity index (χ2v) is 5.29. The molecule has 122 valence electrons. The molecule has 0 fully saturated rings. The molecule has 0 bridgehead atoms. The van der Waals surface area contributed by atoms with E-state index in [4.69, 9.17) is 4.42 Å². The molecule has 2 aromatic heterocycles. The van der Waals surface area contributed by atoms with E-state index >= 15 is 0 Å². The van der Waals surface area contributed by atoms with E-state index in [2.05, 4.69) is 20.3 Å². The monoisotopic (exact) mass is 326 g/mol. The summed E-state index contributed by atoms with van der Waals surface area (Å²) in [5.41, 5.74) is 1.51. The van der Waals surface area contributed by atoms with E-state index in [1.54, 1.807) is 19.2 Å². The zero-order chi connectivity index (χ0) is 17.1. The predicted molar refractivity (Wildman–Crippen MR) is 84.5 cm³/mol. The summed E-state index contributed by atoms with van der Waals surface area (Å²) in [5.74, 6) is 0.00945. The van der Waals surface area contributed by atoms with Crippen LogP contribution in [-0.4, -0.2) is 20.9 Å². The van der Waals surface area contributed by atoms with Crippen molar-refractivity contribution in [2.24, 2.45) is 0 Å². The van der Waals surface area contributed by atoms with Gasteiger partial charge in [0.05, 0.1) is 6.04 Å². The van der Waals surface area contributed by atoms with Gasteiger partial charge in [0.25, 0.3) is 5.91 Å². The molecule has 1 N–H and O–H groups in total. The first-order chi connectivity index (χ1) is 11.5. The highest BCUT2D eigenvalue weighted by Crippen LogP contribution is 2.23. The first-order valence-electron chi connectivity index (χ1n) is 7.34. The fraction of sp³-hybridized carbons (Fsp3) is 0.176. The summed E-state index contributed by atoms with van der Waals surface area (Å²) in [6, 6.07) is 7.03. The first kappa shape index (κ1) is 15.8. The van der Waals surface area contributed by atoms with Crippen molar-refractivity contribution in [3.05, 3.63) is 66.0 Å². The van der Waals surface area contributed by atoms with E-state index in [0.29, 0.717) is 11.4 Å². The van der Waals surface area contributed by atoms with Crippen molar-refractivity contribution in [2.45, 2.75) is 19.9 Å². The summed E-state index contributed by atoms with van der Waals surface area (Å²) in [6.07, 6.45) is 2.82. The second-order valence-electron chi connectivity index (χ2n) is 5.29. The van der Waals surface area contributed by atoms with Gasteiger partial charge in [-0.15, -0.1) is 0 Å². The molecule has 24 heavy (non-hydrogen) atoms. The summed E-state index contributed by atoms with van der Waals surface area (Å²) in [6.45, 7) is 3.63. The molecule has 0 spiro atoms.